The van der Waals surface area contributed by atoms with Gasteiger partial charge in [-0.2, -0.15) is 13.2 Å². The highest BCUT2D eigenvalue weighted by Crippen LogP contribution is 2.37. The van der Waals surface area contributed by atoms with Gasteiger partial charge in [0.2, 0.25) is 5.91 Å². The van der Waals surface area contributed by atoms with Crippen molar-refractivity contribution in [1.29, 1.82) is 0 Å². The molecular formula is C23H21F3N2O3. The predicted octanol–water partition coefficient (Wildman–Crippen LogP) is 5.36. The summed E-state index contributed by atoms with van der Waals surface area (Å²) in [5.41, 5.74) is 5.80. The molecule has 162 valence electrons. The van der Waals surface area contributed by atoms with Crippen molar-refractivity contribution >= 4 is 22.6 Å². The number of nitrogens with two attached hydrogens (primary N) is 1. The Labute approximate surface area is 177 Å². The zero-order chi connectivity index (χ0) is 22.8. The van der Waals surface area contributed by atoms with Gasteiger partial charge >= 0.3 is 6.18 Å². The Kier molecular flexibility index (Phi) is 6.29. The van der Waals surface area contributed by atoms with Gasteiger partial charge in [-0.1, -0.05) is 13.0 Å². The Balaban J connectivity index is 2.03. The van der Waals surface area contributed by atoms with Crippen molar-refractivity contribution in [3.63, 3.8) is 0 Å². The third-order valence-electron chi connectivity index (χ3n) is 4.84. The van der Waals surface area contributed by atoms with E-state index >= 15 is 0 Å². The van der Waals surface area contributed by atoms with Gasteiger partial charge in [-0.15, -0.1) is 0 Å². The minimum Gasteiger partial charge on any atom is -0.457 e. The number of halogens is 3. The van der Waals surface area contributed by atoms with Crippen molar-refractivity contribution in [2.24, 2.45) is 5.73 Å². The highest BCUT2D eigenvalue weighted by atomic mass is 19.4. The lowest BCUT2D eigenvalue weighted by atomic mass is 9.99. The minimum absolute atomic E-state index is 0.0484. The van der Waals surface area contributed by atoms with Crippen molar-refractivity contribution in [2.45, 2.75) is 39.3 Å². The van der Waals surface area contributed by atoms with Gasteiger partial charge in [-0.25, -0.2) is 0 Å². The maximum Gasteiger partial charge on any atom is 0.416 e. The zero-order valence-corrected chi connectivity index (χ0v) is 17.0. The number of alkyl halides is 3. The van der Waals surface area contributed by atoms with Crippen LogP contribution < -0.4 is 10.5 Å². The fraction of sp³-hybridized carbons (Fsp3) is 0.261. The van der Waals surface area contributed by atoms with E-state index in [0.29, 0.717) is 22.9 Å². The molecule has 0 atom stereocenters. The summed E-state index contributed by atoms with van der Waals surface area (Å²) in [6.45, 7) is 3.51. The van der Waals surface area contributed by atoms with Crippen LogP contribution in [0.1, 0.15) is 46.8 Å². The molecule has 8 heteroatoms. The van der Waals surface area contributed by atoms with Gasteiger partial charge in [0.1, 0.15) is 17.3 Å². The number of ketones is 1. The first kappa shape index (κ1) is 22.3. The summed E-state index contributed by atoms with van der Waals surface area (Å²) in [4.78, 5) is 27.8. The molecule has 31 heavy (non-hydrogen) atoms. The smallest absolute Gasteiger partial charge is 0.416 e. The molecule has 0 fully saturated rings. The number of hydrogen-bond donors (Lipinski definition) is 1. The molecule has 0 spiro atoms. The van der Waals surface area contributed by atoms with Crippen LogP contribution in [-0.4, -0.2) is 16.7 Å². The van der Waals surface area contributed by atoms with Crippen LogP contribution in [0.5, 0.6) is 11.5 Å². The van der Waals surface area contributed by atoms with E-state index in [1.165, 1.54) is 30.5 Å². The van der Waals surface area contributed by atoms with Crippen LogP contribution in [0.3, 0.4) is 0 Å². The number of aryl methyl sites for hydroxylation is 1. The predicted molar refractivity (Wildman–Crippen MR) is 110 cm³/mol. The van der Waals surface area contributed by atoms with Gasteiger partial charge in [0, 0.05) is 30.0 Å². The van der Waals surface area contributed by atoms with E-state index in [9.17, 15) is 22.8 Å². The van der Waals surface area contributed by atoms with Gasteiger partial charge in [0.05, 0.1) is 11.1 Å². The molecule has 0 saturated carbocycles. The van der Waals surface area contributed by atoms with Gasteiger partial charge in [-0.3, -0.25) is 14.6 Å². The topological polar surface area (TPSA) is 82.3 Å². The number of rotatable bonds is 7. The monoisotopic (exact) mass is 430 g/mol. The van der Waals surface area contributed by atoms with Crippen LogP contribution in [0.4, 0.5) is 13.2 Å². The second-order valence-corrected chi connectivity index (χ2v) is 7.24. The highest BCUT2D eigenvalue weighted by Gasteiger charge is 2.34. The van der Waals surface area contributed by atoms with Crippen molar-refractivity contribution in [3.05, 3.63) is 64.8 Å². The zero-order valence-electron chi connectivity index (χ0n) is 17.0. The van der Waals surface area contributed by atoms with E-state index in [1.54, 1.807) is 19.9 Å². The van der Waals surface area contributed by atoms with Crippen LogP contribution in [0, 0.1) is 6.92 Å². The summed E-state index contributed by atoms with van der Waals surface area (Å²) in [5, 5.41) is 0.442. The average molecular weight is 430 g/mol. The number of carbonyl (C=O) groups is 2. The molecule has 2 N–H and O–H groups in total. The van der Waals surface area contributed by atoms with Gasteiger partial charge in [-0.05, 0) is 54.8 Å². The highest BCUT2D eigenvalue weighted by molar-refractivity contribution is 5.99. The average Bonchev–Trinajstić information content (AvgIpc) is 2.68. The molecule has 1 heterocycles. The van der Waals surface area contributed by atoms with E-state index in [2.05, 4.69) is 4.98 Å². The molecule has 0 radical (unpaired) electrons. The fourth-order valence-electron chi connectivity index (χ4n) is 3.37. The number of carbonyl (C=O) groups excluding carboxylic acids is 2. The van der Waals surface area contributed by atoms with Crippen molar-refractivity contribution in [1.82, 2.24) is 4.98 Å². The van der Waals surface area contributed by atoms with Gasteiger partial charge < -0.3 is 10.5 Å². The molecule has 0 saturated heterocycles. The number of pyridine rings is 1. The third kappa shape index (κ3) is 5.02. The van der Waals surface area contributed by atoms with Crippen LogP contribution in [0.25, 0.3) is 10.9 Å². The van der Waals surface area contributed by atoms with E-state index in [0.717, 1.165) is 6.07 Å². The first-order valence-electron chi connectivity index (χ1n) is 9.69. The number of aromatic nitrogens is 1. The molecule has 3 aromatic rings. The van der Waals surface area contributed by atoms with Crippen LogP contribution in [0.2, 0.25) is 0 Å². The number of Topliss-reactive ketones (excluding diaryl/α,β-unsaturated/α-hetero) is 1. The van der Waals surface area contributed by atoms with Crippen LogP contribution in [-0.2, 0) is 17.4 Å². The van der Waals surface area contributed by atoms with E-state index in [4.69, 9.17) is 10.5 Å². The number of fused-ring (bicyclic) bond motifs is 1. The lowest BCUT2D eigenvalue weighted by molar-refractivity contribution is -0.138. The van der Waals surface area contributed by atoms with E-state index in [1.807, 2.05) is 0 Å². The molecule has 2 aromatic carbocycles. The van der Waals surface area contributed by atoms with E-state index in [-0.39, 0.29) is 41.3 Å². The first-order valence-corrected chi connectivity index (χ1v) is 9.69. The van der Waals surface area contributed by atoms with Crippen molar-refractivity contribution in [3.8, 4) is 11.5 Å². The Bertz CT molecular complexity index is 1160. The molecule has 0 aliphatic heterocycles. The quantitative estimate of drug-likeness (QED) is 0.547. The summed E-state index contributed by atoms with van der Waals surface area (Å²) in [6.07, 6.45) is -2.67. The van der Waals surface area contributed by atoms with Crippen LogP contribution >= 0.6 is 0 Å². The molecule has 0 aliphatic rings. The third-order valence-corrected chi connectivity index (χ3v) is 4.84. The second-order valence-electron chi connectivity index (χ2n) is 7.24. The summed E-state index contributed by atoms with van der Waals surface area (Å²) in [7, 11) is 0. The standard InChI is InChI=1S/C23H21F3N2O3/c1-3-4-15(29)10-14-5-6-16(11-19(14)23(24,25)26)31-21-7-8-28-20-9-13(2)17(22(27)30)12-18(20)21/h5-9,11-12H,3-4,10H2,1-2H3,(H2,27,30). The summed E-state index contributed by atoms with van der Waals surface area (Å²) >= 11 is 0. The first-order chi connectivity index (χ1) is 14.6. The summed E-state index contributed by atoms with van der Waals surface area (Å²) in [6, 6.07) is 8.19. The summed E-state index contributed by atoms with van der Waals surface area (Å²) in [5.74, 6) is -0.700. The van der Waals surface area contributed by atoms with E-state index < -0.39 is 17.6 Å². The molecule has 0 bridgehead atoms. The van der Waals surface area contributed by atoms with Crippen molar-refractivity contribution in [2.75, 3.05) is 0 Å². The molecule has 0 aliphatic carbocycles. The largest absolute Gasteiger partial charge is 0.457 e. The fourth-order valence-corrected chi connectivity index (χ4v) is 3.37. The Hall–Kier alpha value is -3.42. The number of benzene rings is 2. The van der Waals surface area contributed by atoms with Gasteiger partial charge in [0.25, 0.3) is 0 Å². The van der Waals surface area contributed by atoms with Gasteiger partial charge in [0.15, 0.2) is 0 Å². The van der Waals surface area contributed by atoms with Crippen LogP contribution in [0.15, 0.2) is 42.6 Å². The Morgan fingerprint density at radius 1 is 1.13 bits per heavy atom. The summed E-state index contributed by atoms with van der Waals surface area (Å²) < 4.78 is 46.6. The lowest BCUT2D eigenvalue weighted by Gasteiger charge is -2.16. The normalized spacial score (nSPS) is 11.5. The molecular weight excluding hydrogens is 409 g/mol. The maximum atomic E-state index is 13.6. The molecule has 5 nitrogen and oxygen atoms in total. The maximum absolute atomic E-state index is 13.6. The number of hydrogen-bond acceptors (Lipinski definition) is 4. The Morgan fingerprint density at radius 3 is 2.52 bits per heavy atom. The SMILES string of the molecule is CCCC(=O)Cc1ccc(Oc2ccnc3cc(C)c(C(N)=O)cc23)cc1C(F)(F)F. The number of amides is 1. The lowest BCUT2D eigenvalue weighted by Crippen LogP contribution is -2.13. The van der Waals surface area contributed by atoms with Crippen molar-refractivity contribution < 1.29 is 27.5 Å². The number of primary amides is 1. The second kappa shape index (κ2) is 8.75. The molecule has 3 rings (SSSR count). The number of nitrogens with zero attached hydrogens (tertiary/aromatic N) is 1. The molecule has 1 aromatic heterocycles. The minimum atomic E-state index is -4.64. The number of ether oxygens (including phenoxy) is 1. The Morgan fingerprint density at radius 2 is 1.87 bits per heavy atom. The molecule has 0 unspecified atom stereocenters. The molecule has 1 amide bonds.